The normalized spacial score (nSPS) is 15.0. The van der Waals surface area contributed by atoms with Crippen LogP contribution in [0.2, 0.25) is 0 Å². The Morgan fingerprint density at radius 3 is 1.94 bits per heavy atom. The topological polar surface area (TPSA) is 20.2 Å². The highest BCUT2D eigenvalue weighted by Gasteiger charge is 2.34. The fourth-order valence-electron chi connectivity index (χ4n) is 4.25. The molecule has 1 atom stereocenters. The van der Waals surface area contributed by atoms with Crippen LogP contribution in [0.5, 0.6) is 0 Å². The smallest absolute Gasteiger partial charge is 0.0502 e. The molecule has 0 aromatic heterocycles. The zero-order chi connectivity index (χ0) is 22.1. The van der Waals surface area contributed by atoms with Gasteiger partial charge in [0, 0.05) is 16.9 Å². The van der Waals surface area contributed by atoms with E-state index in [1.807, 2.05) is 11.8 Å². The first kappa shape index (κ1) is 23.1. The van der Waals surface area contributed by atoms with Crippen LogP contribution < -0.4 is 10.6 Å². The fraction of sp³-hybridized carbons (Fsp3) is 0.241. The molecule has 0 bridgehead atoms. The number of allylic oxidation sites excluding steroid dienone is 4. The fourth-order valence-corrected chi connectivity index (χ4v) is 8.38. The summed E-state index contributed by atoms with van der Waals surface area (Å²) in [6, 6.07) is 32.4. The van der Waals surface area contributed by atoms with Crippen LogP contribution in [0, 0.1) is 5.41 Å². The molecule has 3 aromatic carbocycles. The average Bonchev–Trinajstić information content (AvgIpc) is 3.37. The minimum absolute atomic E-state index is 0.144. The molecule has 0 saturated carbocycles. The largest absolute Gasteiger partial charge is 0.396 e. The summed E-state index contributed by atoms with van der Waals surface area (Å²) in [6.07, 6.45) is 9.60. The highest BCUT2D eigenvalue weighted by atomic mass is 32.2. The van der Waals surface area contributed by atoms with Crippen molar-refractivity contribution in [2.45, 2.75) is 18.6 Å². The number of aliphatic hydroxyl groups is 1. The molecule has 1 unspecified atom stereocenters. The molecule has 1 aliphatic rings. The van der Waals surface area contributed by atoms with E-state index >= 15 is 0 Å². The van der Waals surface area contributed by atoms with E-state index in [4.69, 9.17) is 0 Å². The van der Waals surface area contributed by atoms with Gasteiger partial charge in [-0.05, 0) is 43.1 Å². The van der Waals surface area contributed by atoms with Crippen molar-refractivity contribution >= 4 is 30.3 Å². The van der Waals surface area contributed by atoms with Crippen molar-refractivity contribution in [1.29, 1.82) is 0 Å². The van der Waals surface area contributed by atoms with Gasteiger partial charge in [-0.2, -0.15) is 11.8 Å². The number of thioether (sulfide) groups is 1. The van der Waals surface area contributed by atoms with Crippen LogP contribution in [0.3, 0.4) is 0 Å². The second kappa shape index (κ2) is 11.7. The van der Waals surface area contributed by atoms with Crippen molar-refractivity contribution in [1.82, 2.24) is 0 Å². The SMILES string of the molecule is OCC(CSCc1ccccc1)(CC1=CC=CC1)CP(c1ccccc1)c1ccccc1. The lowest BCUT2D eigenvalue weighted by molar-refractivity contribution is 0.167. The zero-order valence-corrected chi connectivity index (χ0v) is 20.1. The third kappa shape index (κ3) is 6.23. The third-order valence-electron chi connectivity index (χ3n) is 5.93. The molecule has 0 heterocycles. The predicted molar refractivity (Wildman–Crippen MR) is 143 cm³/mol. The number of hydrogen-bond donors (Lipinski definition) is 1. The van der Waals surface area contributed by atoms with Crippen molar-refractivity contribution in [3.8, 4) is 0 Å². The quantitative estimate of drug-likeness (QED) is 0.340. The Morgan fingerprint density at radius 1 is 0.812 bits per heavy atom. The second-order valence-corrected chi connectivity index (χ2v) is 11.7. The Bertz CT molecular complexity index is 977. The second-order valence-electron chi connectivity index (χ2n) is 8.53. The minimum atomic E-state index is -0.557. The van der Waals surface area contributed by atoms with E-state index < -0.39 is 7.92 Å². The van der Waals surface area contributed by atoms with Crippen molar-refractivity contribution < 1.29 is 5.11 Å². The summed E-state index contributed by atoms with van der Waals surface area (Å²) in [4.78, 5) is 0. The van der Waals surface area contributed by atoms with E-state index in [0.29, 0.717) is 0 Å². The molecule has 32 heavy (non-hydrogen) atoms. The number of aliphatic hydroxyl groups excluding tert-OH is 1. The van der Waals surface area contributed by atoms with Gasteiger partial charge in [0.1, 0.15) is 0 Å². The summed E-state index contributed by atoms with van der Waals surface area (Å²) in [5, 5.41) is 13.6. The van der Waals surface area contributed by atoms with E-state index in [9.17, 15) is 5.11 Å². The van der Waals surface area contributed by atoms with E-state index in [-0.39, 0.29) is 12.0 Å². The molecule has 3 aromatic rings. The zero-order valence-electron chi connectivity index (χ0n) is 18.4. The van der Waals surface area contributed by atoms with Gasteiger partial charge < -0.3 is 5.11 Å². The maximum atomic E-state index is 10.8. The molecular formula is C29H31OPS. The van der Waals surface area contributed by atoms with Gasteiger partial charge in [-0.3, -0.25) is 0 Å². The molecule has 3 heteroatoms. The summed E-state index contributed by atoms with van der Waals surface area (Å²) in [5.74, 6) is 1.93. The minimum Gasteiger partial charge on any atom is -0.396 e. The number of benzene rings is 3. The molecule has 0 aliphatic heterocycles. The summed E-state index contributed by atoms with van der Waals surface area (Å²) in [6.45, 7) is 0.213. The summed E-state index contributed by atoms with van der Waals surface area (Å²) in [5.41, 5.74) is 2.64. The predicted octanol–water partition coefficient (Wildman–Crippen LogP) is 6.31. The van der Waals surface area contributed by atoms with Crippen LogP contribution in [0.1, 0.15) is 18.4 Å². The third-order valence-corrected chi connectivity index (χ3v) is 10.1. The Balaban J connectivity index is 1.60. The molecule has 1 nitrogen and oxygen atoms in total. The van der Waals surface area contributed by atoms with Crippen molar-refractivity contribution in [3.63, 3.8) is 0 Å². The first-order valence-electron chi connectivity index (χ1n) is 11.2. The first-order valence-corrected chi connectivity index (χ1v) is 13.9. The molecule has 1 N–H and O–H groups in total. The van der Waals surface area contributed by atoms with Gasteiger partial charge in [0.25, 0.3) is 0 Å². The standard InChI is InChI=1S/C29H31OPS/c30-22-29(20-25-12-10-11-13-25,24-32-21-26-14-4-1-5-15-26)23-31(27-16-6-2-7-17-27)28-18-8-3-9-19-28/h1-12,14-19,30H,13,20-24H2. The van der Waals surface area contributed by atoms with Crippen LogP contribution >= 0.6 is 19.7 Å². The highest BCUT2D eigenvalue weighted by Crippen LogP contribution is 2.45. The van der Waals surface area contributed by atoms with Crippen molar-refractivity contribution in [3.05, 3.63) is 120 Å². The summed E-state index contributed by atoms with van der Waals surface area (Å²) >= 11 is 1.96. The lowest BCUT2D eigenvalue weighted by Gasteiger charge is -2.36. The van der Waals surface area contributed by atoms with Gasteiger partial charge in [-0.1, -0.05) is 115 Å². The van der Waals surface area contributed by atoms with E-state index in [2.05, 4.69) is 109 Å². The van der Waals surface area contributed by atoms with Crippen LogP contribution in [-0.4, -0.2) is 23.6 Å². The lowest BCUT2D eigenvalue weighted by atomic mass is 9.85. The molecule has 0 saturated heterocycles. The Morgan fingerprint density at radius 2 is 1.41 bits per heavy atom. The van der Waals surface area contributed by atoms with E-state index in [1.54, 1.807) is 0 Å². The maximum Gasteiger partial charge on any atom is 0.0502 e. The van der Waals surface area contributed by atoms with Crippen LogP contribution in [-0.2, 0) is 5.75 Å². The molecule has 0 fully saturated rings. The first-order chi connectivity index (χ1) is 15.8. The van der Waals surface area contributed by atoms with Crippen molar-refractivity contribution in [2.75, 3.05) is 18.5 Å². The Labute approximate surface area is 198 Å². The molecule has 0 radical (unpaired) electrons. The molecule has 1 aliphatic carbocycles. The maximum absolute atomic E-state index is 10.8. The van der Waals surface area contributed by atoms with Gasteiger partial charge in [0.05, 0.1) is 6.61 Å². The average molecular weight is 459 g/mol. The molecule has 0 spiro atoms. The van der Waals surface area contributed by atoms with Gasteiger partial charge in [-0.25, -0.2) is 0 Å². The summed E-state index contributed by atoms with van der Waals surface area (Å²) in [7, 11) is -0.557. The van der Waals surface area contributed by atoms with Gasteiger partial charge >= 0.3 is 0 Å². The molecular weight excluding hydrogens is 427 g/mol. The van der Waals surface area contributed by atoms with Crippen LogP contribution in [0.15, 0.2) is 115 Å². The lowest BCUT2D eigenvalue weighted by Crippen LogP contribution is -2.35. The van der Waals surface area contributed by atoms with Crippen LogP contribution in [0.25, 0.3) is 0 Å². The Kier molecular flexibility index (Phi) is 8.40. The van der Waals surface area contributed by atoms with Crippen molar-refractivity contribution in [2.24, 2.45) is 5.41 Å². The highest BCUT2D eigenvalue weighted by molar-refractivity contribution is 7.98. The summed E-state index contributed by atoms with van der Waals surface area (Å²) < 4.78 is 0. The Hall–Kier alpha value is -2.12. The van der Waals surface area contributed by atoms with E-state index in [1.165, 1.54) is 21.7 Å². The van der Waals surface area contributed by atoms with E-state index in [0.717, 1.165) is 30.5 Å². The van der Waals surface area contributed by atoms with Crippen LogP contribution in [0.4, 0.5) is 0 Å². The number of rotatable bonds is 11. The monoisotopic (exact) mass is 458 g/mol. The number of hydrogen-bond acceptors (Lipinski definition) is 2. The van der Waals surface area contributed by atoms with Gasteiger partial charge in [0.15, 0.2) is 0 Å². The molecule has 0 amide bonds. The molecule has 164 valence electrons. The van der Waals surface area contributed by atoms with Gasteiger partial charge in [0.2, 0.25) is 0 Å². The van der Waals surface area contributed by atoms with Gasteiger partial charge in [-0.15, -0.1) is 0 Å². The molecule has 4 rings (SSSR count).